The average Bonchev–Trinajstić information content (AvgIpc) is 2.18. The first-order valence-corrected chi connectivity index (χ1v) is 5.10. The third-order valence-electron chi connectivity index (χ3n) is 2.62. The van der Waals surface area contributed by atoms with Gasteiger partial charge in [-0.25, -0.2) is 4.79 Å². The van der Waals surface area contributed by atoms with E-state index in [1.165, 1.54) is 6.42 Å². The fraction of sp³-hybridized carbons (Fsp3) is 0.900. The molecule has 0 spiro atoms. The third kappa shape index (κ3) is 2.99. The number of hydrogen-bond donors (Lipinski definition) is 1. The molecule has 1 fully saturated rings. The van der Waals surface area contributed by atoms with Crippen molar-refractivity contribution in [2.24, 2.45) is 5.92 Å². The molecule has 0 aromatic rings. The molecule has 1 atom stereocenters. The maximum absolute atomic E-state index is 11.2. The Kier molecular flexibility index (Phi) is 4.22. The second-order valence-electron chi connectivity index (χ2n) is 3.59. The lowest BCUT2D eigenvalue weighted by Gasteiger charge is -2.24. The highest BCUT2D eigenvalue weighted by molar-refractivity contribution is 5.74. The Balaban J connectivity index is 2.35. The highest BCUT2D eigenvalue weighted by Crippen LogP contribution is 2.26. The Morgan fingerprint density at radius 1 is 1.46 bits per heavy atom. The molecular weight excluding hydrogens is 168 g/mol. The lowest BCUT2D eigenvalue weighted by atomic mass is 9.85. The molecule has 0 aliphatic heterocycles. The zero-order chi connectivity index (χ0) is 9.68. The van der Waals surface area contributed by atoms with Gasteiger partial charge >= 0.3 is 5.97 Å². The Hall–Kier alpha value is -0.570. The van der Waals surface area contributed by atoms with Crippen molar-refractivity contribution in [2.45, 2.75) is 45.1 Å². The maximum Gasteiger partial charge on any atom is 0.335 e. The summed E-state index contributed by atoms with van der Waals surface area (Å²) >= 11 is 0. The number of aliphatic hydroxyl groups excluding tert-OH is 1. The van der Waals surface area contributed by atoms with Gasteiger partial charge in [0.15, 0.2) is 6.10 Å². The minimum atomic E-state index is -0.889. The molecule has 0 radical (unpaired) electrons. The van der Waals surface area contributed by atoms with E-state index in [0.717, 1.165) is 25.7 Å². The monoisotopic (exact) mass is 186 g/mol. The summed E-state index contributed by atoms with van der Waals surface area (Å²) in [6, 6.07) is 0. The Morgan fingerprint density at radius 2 is 2.08 bits per heavy atom. The Bertz CT molecular complexity index is 162. The summed E-state index contributed by atoms with van der Waals surface area (Å²) in [5.74, 6) is -0.317. The van der Waals surface area contributed by atoms with Gasteiger partial charge in [0.2, 0.25) is 0 Å². The summed E-state index contributed by atoms with van der Waals surface area (Å²) in [6.07, 6.45) is 4.51. The molecule has 1 aliphatic carbocycles. The molecule has 0 amide bonds. The fourth-order valence-corrected chi connectivity index (χ4v) is 1.87. The van der Waals surface area contributed by atoms with Gasteiger partial charge in [-0.15, -0.1) is 0 Å². The van der Waals surface area contributed by atoms with Crippen LogP contribution in [-0.2, 0) is 9.53 Å². The zero-order valence-electron chi connectivity index (χ0n) is 8.16. The van der Waals surface area contributed by atoms with E-state index in [1.807, 2.05) is 0 Å². The predicted molar refractivity (Wildman–Crippen MR) is 49.2 cm³/mol. The lowest BCUT2D eigenvalue weighted by molar-refractivity contribution is -0.156. The summed E-state index contributed by atoms with van der Waals surface area (Å²) in [7, 11) is 0. The van der Waals surface area contributed by atoms with Gasteiger partial charge in [-0.1, -0.05) is 19.3 Å². The van der Waals surface area contributed by atoms with Gasteiger partial charge in [-0.2, -0.15) is 0 Å². The first-order valence-electron chi connectivity index (χ1n) is 5.10. The molecule has 1 aliphatic rings. The molecule has 0 unspecified atom stereocenters. The van der Waals surface area contributed by atoms with E-state index in [9.17, 15) is 9.90 Å². The zero-order valence-corrected chi connectivity index (χ0v) is 8.16. The van der Waals surface area contributed by atoms with Crippen LogP contribution in [0.1, 0.15) is 39.0 Å². The van der Waals surface area contributed by atoms with E-state index in [-0.39, 0.29) is 5.92 Å². The average molecular weight is 186 g/mol. The van der Waals surface area contributed by atoms with Crippen LogP contribution in [0.25, 0.3) is 0 Å². The predicted octanol–water partition coefficient (Wildman–Crippen LogP) is 1.49. The lowest BCUT2D eigenvalue weighted by Crippen LogP contribution is -2.32. The van der Waals surface area contributed by atoms with Crippen LogP contribution >= 0.6 is 0 Å². The second kappa shape index (κ2) is 5.22. The van der Waals surface area contributed by atoms with Crippen LogP contribution in [0, 0.1) is 5.92 Å². The number of hydrogen-bond acceptors (Lipinski definition) is 3. The Labute approximate surface area is 79.1 Å². The molecule has 1 N–H and O–H groups in total. The minimum absolute atomic E-state index is 0.132. The van der Waals surface area contributed by atoms with Crippen molar-refractivity contribution in [1.82, 2.24) is 0 Å². The molecule has 0 heterocycles. The van der Waals surface area contributed by atoms with Crippen LogP contribution in [0.3, 0.4) is 0 Å². The maximum atomic E-state index is 11.2. The molecule has 0 saturated heterocycles. The molecule has 1 saturated carbocycles. The number of ether oxygens (including phenoxy) is 1. The van der Waals surface area contributed by atoms with Gasteiger partial charge in [0.1, 0.15) is 0 Å². The van der Waals surface area contributed by atoms with Crippen LogP contribution in [-0.4, -0.2) is 23.8 Å². The van der Waals surface area contributed by atoms with Crippen molar-refractivity contribution in [3.63, 3.8) is 0 Å². The number of esters is 1. The first kappa shape index (κ1) is 10.5. The summed E-state index contributed by atoms with van der Waals surface area (Å²) in [5.41, 5.74) is 0. The van der Waals surface area contributed by atoms with E-state index < -0.39 is 12.1 Å². The fourth-order valence-electron chi connectivity index (χ4n) is 1.87. The molecule has 3 heteroatoms. The normalized spacial score (nSPS) is 21.1. The molecule has 3 nitrogen and oxygen atoms in total. The van der Waals surface area contributed by atoms with Gasteiger partial charge < -0.3 is 9.84 Å². The summed E-state index contributed by atoms with van der Waals surface area (Å²) in [4.78, 5) is 11.2. The number of aliphatic hydroxyl groups is 1. The van der Waals surface area contributed by atoms with E-state index in [1.54, 1.807) is 6.92 Å². The van der Waals surface area contributed by atoms with Crippen molar-refractivity contribution in [3.8, 4) is 0 Å². The molecule has 0 bridgehead atoms. The van der Waals surface area contributed by atoms with Crippen LogP contribution in [0.15, 0.2) is 0 Å². The van der Waals surface area contributed by atoms with Crippen molar-refractivity contribution in [3.05, 3.63) is 0 Å². The highest BCUT2D eigenvalue weighted by atomic mass is 16.5. The van der Waals surface area contributed by atoms with Crippen molar-refractivity contribution in [2.75, 3.05) is 6.61 Å². The van der Waals surface area contributed by atoms with Gasteiger partial charge in [0, 0.05) is 0 Å². The van der Waals surface area contributed by atoms with Gasteiger partial charge in [0.25, 0.3) is 0 Å². The third-order valence-corrected chi connectivity index (χ3v) is 2.62. The highest BCUT2D eigenvalue weighted by Gasteiger charge is 2.28. The minimum Gasteiger partial charge on any atom is -0.464 e. The summed E-state index contributed by atoms with van der Waals surface area (Å²) < 4.78 is 4.77. The molecule has 76 valence electrons. The van der Waals surface area contributed by atoms with Gasteiger partial charge in [-0.05, 0) is 25.7 Å². The Morgan fingerprint density at radius 3 is 2.62 bits per heavy atom. The number of rotatable bonds is 3. The largest absolute Gasteiger partial charge is 0.464 e. The molecule has 1 rings (SSSR count). The van der Waals surface area contributed by atoms with Gasteiger partial charge in [-0.3, -0.25) is 0 Å². The van der Waals surface area contributed by atoms with Gasteiger partial charge in [0.05, 0.1) is 6.61 Å². The molecular formula is C10H18O3. The van der Waals surface area contributed by atoms with E-state index in [0.29, 0.717) is 6.61 Å². The van der Waals surface area contributed by atoms with E-state index in [4.69, 9.17) is 4.74 Å². The van der Waals surface area contributed by atoms with Crippen molar-refractivity contribution >= 4 is 5.97 Å². The van der Waals surface area contributed by atoms with E-state index >= 15 is 0 Å². The molecule has 13 heavy (non-hydrogen) atoms. The number of carbonyl (C=O) groups is 1. The molecule has 0 aromatic carbocycles. The van der Waals surface area contributed by atoms with Crippen molar-refractivity contribution < 1.29 is 14.6 Å². The quantitative estimate of drug-likeness (QED) is 0.679. The standard InChI is InChI=1S/C10H18O3/c1-2-13-10(12)9(11)8-6-4-3-5-7-8/h8-9,11H,2-7H2,1H3/t9-/m1/s1. The summed E-state index contributed by atoms with van der Waals surface area (Å²) in [6.45, 7) is 2.11. The first-order chi connectivity index (χ1) is 6.25. The SMILES string of the molecule is CCOC(=O)[C@H](O)C1CCCCC1. The van der Waals surface area contributed by atoms with Crippen LogP contribution in [0.5, 0.6) is 0 Å². The van der Waals surface area contributed by atoms with E-state index in [2.05, 4.69) is 0 Å². The van der Waals surface area contributed by atoms with Crippen molar-refractivity contribution in [1.29, 1.82) is 0 Å². The smallest absolute Gasteiger partial charge is 0.335 e. The van der Waals surface area contributed by atoms with Crippen LogP contribution < -0.4 is 0 Å². The van der Waals surface area contributed by atoms with Crippen LogP contribution in [0.4, 0.5) is 0 Å². The summed E-state index contributed by atoms with van der Waals surface area (Å²) in [5, 5.41) is 9.60. The molecule has 0 aromatic heterocycles. The topological polar surface area (TPSA) is 46.5 Å². The number of carbonyl (C=O) groups excluding carboxylic acids is 1. The second-order valence-corrected chi connectivity index (χ2v) is 3.59. The van der Waals surface area contributed by atoms with Crippen LogP contribution in [0.2, 0.25) is 0 Å².